The zero-order chi connectivity index (χ0) is 25.8. The minimum Gasteiger partial charge on any atom is -0.357 e. The van der Waals surface area contributed by atoms with Gasteiger partial charge in [0.25, 0.3) is 11.8 Å². The number of fused-ring (bicyclic) bond motifs is 1. The van der Waals surface area contributed by atoms with Crippen molar-refractivity contribution >= 4 is 23.3 Å². The van der Waals surface area contributed by atoms with Crippen LogP contribution in [0.4, 0.5) is 5.69 Å². The topological polar surface area (TPSA) is 100 Å². The number of aromatic nitrogens is 3. The Morgan fingerprint density at radius 2 is 1.81 bits per heavy atom. The predicted octanol–water partition coefficient (Wildman–Crippen LogP) is 4.01. The van der Waals surface area contributed by atoms with E-state index in [2.05, 4.69) is 21.4 Å². The molecule has 0 radical (unpaired) electrons. The SMILES string of the molecule is C=CC(=O)Cc1cccc(NC(=O)c2nc(Cc3ccccc3)n3c2CN(C(=O)c2ccc[nH]2)CC3)c1. The Morgan fingerprint density at radius 1 is 1.00 bits per heavy atom. The highest BCUT2D eigenvalue weighted by Crippen LogP contribution is 2.24. The van der Waals surface area contributed by atoms with Gasteiger partial charge >= 0.3 is 0 Å². The number of benzene rings is 2. The maximum atomic E-state index is 13.5. The first-order chi connectivity index (χ1) is 18.0. The molecule has 1 aliphatic heterocycles. The molecular weight excluding hydrogens is 466 g/mol. The lowest BCUT2D eigenvalue weighted by Crippen LogP contribution is -2.39. The second-order valence-electron chi connectivity index (χ2n) is 8.95. The molecule has 4 aromatic rings. The highest BCUT2D eigenvalue weighted by Gasteiger charge is 2.30. The molecule has 0 bridgehead atoms. The fourth-order valence-electron chi connectivity index (χ4n) is 4.57. The summed E-state index contributed by atoms with van der Waals surface area (Å²) < 4.78 is 2.06. The Balaban J connectivity index is 1.44. The van der Waals surface area contributed by atoms with Gasteiger partial charge in [0.1, 0.15) is 11.5 Å². The molecule has 0 saturated carbocycles. The van der Waals surface area contributed by atoms with Crippen molar-refractivity contribution in [3.05, 3.63) is 120 Å². The molecule has 37 heavy (non-hydrogen) atoms. The first-order valence-electron chi connectivity index (χ1n) is 12.1. The van der Waals surface area contributed by atoms with Gasteiger partial charge in [-0.25, -0.2) is 4.98 Å². The Labute approximate surface area is 214 Å². The van der Waals surface area contributed by atoms with Gasteiger partial charge in [-0.3, -0.25) is 14.4 Å². The number of hydrogen-bond donors (Lipinski definition) is 2. The van der Waals surface area contributed by atoms with Gasteiger partial charge in [0.05, 0.1) is 12.2 Å². The highest BCUT2D eigenvalue weighted by molar-refractivity contribution is 6.04. The highest BCUT2D eigenvalue weighted by atomic mass is 16.2. The van der Waals surface area contributed by atoms with E-state index in [0.717, 1.165) is 17.0 Å². The van der Waals surface area contributed by atoms with Gasteiger partial charge in [-0.2, -0.15) is 0 Å². The van der Waals surface area contributed by atoms with Gasteiger partial charge < -0.3 is 19.8 Å². The van der Waals surface area contributed by atoms with Crippen molar-refractivity contribution in [3.63, 3.8) is 0 Å². The van der Waals surface area contributed by atoms with E-state index in [9.17, 15) is 14.4 Å². The van der Waals surface area contributed by atoms with E-state index in [1.54, 1.807) is 41.4 Å². The van der Waals surface area contributed by atoms with E-state index < -0.39 is 0 Å². The van der Waals surface area contributed by atoms with E-state index in [1.807, 2.05) is 36.4 Å². The first kappa shape index (κ1) is 24.0. The van der Waals surface area contributed by atoms with Crippen LogP contribution in [0.1, 0.15) is 43.6 Å². The lowest BCUT2D eigenvalue weighted by Gasteiger charge is -2.29. The molecular formula is C29H27N5O3. The van der Waals surface area contributed by atoms with Crippen LogP contribution in [-0.4, -0.2) is 43.6 Å². The van der Waals surface area contributed by atoms with Crippen LogP contribution in [-0.2, 0) is 30.7 Å². The van der Waals surface area contributed by atoms with Crippen LogP contribution in [0.15, 0.2) is 85.6 Å². The van der Waals surface area contributed by atoms with E-state index in [-0.39, 0.29) is 30.6 Å². The van der Waals surface area contributed by atoms with Crippen molar-refractivity contribution in [1.29, 1.82) is 0 Å². The quantitative estimate of drug-likeness (QED) is 0.362. The number of anilines is 1. The number of rotatable bonds is 8. The van der Waals surface area contributed by atoms with Crippen molar-refractivity contribution in [3.8, 4) is 0 Å². The number of hydrogen-bond acceptors (Lipinski definition) is 4. The molecule has 2 aromatic carbocycles. The summed E-state index contributed by atoms with van der Waals surface area (Å²) in [4.78, 5) is 47.7. The van der Waals surface area contributed by atoms with Crippen LogP contribution in [0.5, 0.6) is 0 Å². The molecule has 2 aromatic heterocycles. The number of carbonyl (C=O) groups excluding carboxylic acids is 3. The van der Waals surface area contributed by atoms with Gasteiger partial charge in [-0.15, -0.1) is 0 Å². The van der Waals surface area contributed by atoms with Crippen molar-refractivity contribution < 1.29 is 14.4 Å². The summed E-state index contributed by atoms with van der Waals surface area (Å²) in [6.45, 7) is 4.85. The molecule has 8 heteroatoms. The lowest BCUT2D eigenvalue weighted by molar-refractivity contribution is -0.114. The van der Waals surface area contributed by atoms with Crippen molar-refractivity contribution in [2.45, 2.75) is 25.9 Å². The fraction of sp³-hybridized carbons (Fsp3) is 0.172. The van der Waals surface area contributed by atoms with Gasteiger partial charge in [-0.1, -0.05) is 49.0 Å². The average Bonchev–Trinajstić information content (AvgIpc) is 3.58. The Morgan fingerprint density at radius 3 is 2.57 bits per heavy atom. The molecule has 2 N–H and O–H groups in total. The summed E-state index contributed by atoms with van der Waals surface area (Å²) in [6.07, 6.45) is 3.79. The van der Waals surface area contributed by atoms with E-state index in [1.165, 1.54) is 6.08 Å². The molecule has 186 valence electrons. The zero-order valence-electron chi connectivity index (χ0n) is 20.3. The summed E-state index contributed by atoms with van der Waals surface area (Å²) in [5, 5.41) is 2.93. The number of H-pyrrole nitrogens is 1. The van der Waals surface area contributed by atoms with Gasteiger partial charge in [0.2, 0.25) is 0 Å². The van der Waals surface area contributed by atoms with E-state index >= 15 is 0 Å². The monoisotopic (exact) mass is 493 g/mol. The number of allylic oxidation sites excluding steroid dienone is 1. The van der Waals surface area contributed by atoms with Crippen LogP contribution in [0.25, 0.3) is 0 Å². The third-order valence-electron chi connectivity index (χ3n) is 6.41. The molecule has 3 heterocycles. The van der Waals surface area contributed by atoms with Gasteiger partial charge in [0, 0.05) is 37.8 Å². The summed E-state index contributed by atoms with van der Waals surface area (Å²) in [6, 6.07) is 20.7. The van der Waals surface area contributed by atoms with Gasteiger partial charge in [-0.05, 0) is 41.5 Å². The largest absolute Gasteiger partial charge is 0.357 e. The molecule has 8 nitrogen and oxygen atoms in total. The summed E-state index contributed by atoms with van der Waals surface area (Å²) >= 11 is 0. The first-order valence-corrected chi connectivity index (χ1v) is 12.1. The second-order valence-corrected chi connectivity index (χ2v) is 8.95. The molecule has 0 fully saturated rings. The third-order valence-corrected chi connectivity index (χ3v) is 6.41. The van der Waals surface area contributed by atoms with Crippen LogP contribution in [0.2, 0.25) is 0 Å². The molecule has 1 aliphatic rings. The summed E-state index contributed by atoms with van der Waals surface area (Å²) in [5.41, 5.74) is 3.94. The minimum atomic E-state index is -0.357. The number of ketones is 1. The normalized spacial score (nSPS) is 12.6. The standard InChI is InChI=1S/C29H27N5O3/c1-2-23(35)17-21-10-6-11-22(16-21)31-28(36)27-25-19-33(29(37)24-12-7-13-30-24)14-15-34(25)26(32-27)18-20-8-4-3-5-9-20/h2-13,16,30H,1,14-15,17-19H2,(H,31,36). The molecule has 5 rings (SSSR count). The number of aromatic amines is 1. The summed E-state index contributed by atoms with van der Waals surface area (Å²) in [5.74, 6) is 0.213. The Kier molecular flexibility index (Phi) is 6.81. The van der Waals surface area contributed by atoms with Crippen molar-refractivity contribution in [1.82, 2.24) is 19.4 Å². The maximum Gasteiger partial charge on any atom is 0.276 e. The predicted molar refractivity (Wildman–Crippen MR) is 140 cm³/mol. The average molecular weight is 494 g/mol. The van der Waals surface area contributed by atoms with Crippen LogP contribution in [0, 0.1) is 0 Å². The number of nitrogens with zero attached hydrogens (tertiary/aromatic N) is 3. The number of amides is 2. The molecule has 0 saturated heterocycles. The van der Waals surface area contributed by atoms with Crippen molar-refractivity contribution in [2.24, 2.45) is 0 Å². The maximum absolute atomic E-state index is 13.5. The smallest absolute Gasteiger partial charge is 0.276 e. The van der Waals surface area contributed by atoms with Gasteiger partial charge in [0.15, 0.2) is 11.5 Å². The second kappa shape index (κ2) is 10.5. The number of imidazole rings is 1. The molecule has 2 amide bonds. The van der Waals surface area contributed by atoms with E-state index in [4.69, 9.17) is 4.98 Å². The number of carbonyl (C=O) groups is 3. The summed E-state index contributed by atoms with van der Waals surface area (Å²) in [7, 11) is 0. The molecule has 0 atom stereocenters. The molecule has 0 aliphatic carbocycles. The Bertz CT molecular complexity index is 1450. The Hall–Kier alpha value is -4.72. The van der Waals surface area contributed by atoms with Crippen molar-refractivity contribution in [2.75, 3.05) is 11.9 Å². The van der Waals surface area contributed by atoms with Crippen LogP contribution in [0.3, 0.4) is 0 Å². The van der Waals surface area contributed by atoms with E-state index in [0.29, 0.717) is 42.3 Å². The molecule has 0 unspecified atom stereocenters. The number of nitrogens with one attached hydrogen (secondary N) is 2. The third kappa shape index (κ3) is 5.28. The van der Waals surface area contributed by atoms with Crippen LogP contribution < -0.4 is 5.32 Å². The minimum absolute atomic E-state index is 0.0935. The molecule has 0 spiro atoms. The lowest BCUT2D eigenvalue weighted by atomic mass is 10.1. The zero-order valence-corrected chi connectivity index (χ0v) is 20.3. The fourth-order valence-corrected chi connectivity index (χ4v) is 4.57. The van der Waals surface area contributed by atoms with Crippen LogP contribution >= 0.6 is 0 Å².